The molecular weight excluding hydrogens is 270 g/mol. The molecule has 0 spiro atoms. The molecule has 2 fully saturated rings. The first-order valence-corrected chi connectivity index (χ1v) is 7.89. The van der Waals surface area contributed by atoms with Gasteiger partial charge in [0.1, 0.15) is 5.54 Å². The molecule has 2 amide bonds. The molecule has 2 unspecified atom stereocenters. The van der Waals surface area contributed by atoms with Crippen LogP contribution in [-0.2, 0) is 4.79 Å². The fraction of sp³-hybridized carbons (Fsp3) is 0.867. The van der Waals surface area contributed by atoms with Crippen molar-refractivity contribution in [3.8, 4) is 0 Å². The van der Waals surface area contributed by atoms with Crippen molar-refractivity contribution in [2.24, 2.45) is 5.92 Å². The summed E-state index contributed by atoms with van der Waals surface area (Å²) >= 11 is 0. The van der Waals surface area contributed by atoms with E-state index >= 15 is 0 Å². The number of nitrogens with zero attached hydrogens (tertiary/aromatic N) is 2. The largest absolute Gasteiger partial charge is 0.480 e. The van der Waals surface area contributed by atoms with Gasteiger partial charge in [0.05, 0.1) is 0 Å². The van der Waals surface area contributed by atoms with E-state index in [1.807, 2.05) is 0 Å². The SMILES string of the molecule is CCN1CCCC1CN(C)C(=O)NC(C)(C(=O)O)C1CC1. The number of likely N-dealkylation sites (tertiary alicyclic amines) is 1. The molecule has 0 bridgehead atoms. The third-order valence-corrected chi connectivity index (χ3v) is 4.94. The second-order valence-electron chi connectivity index (χ2n) is 6.52. The Morgan fingerprint density at radius 3 is 2.57 bits per heavy atom. The van der Waals surface area contributed by atoms with Crippen LogP contribution in [0.2, 0.25) is 0 Å². The van der Waals surface area contributed by atoms with Gasteiger partial charge in [0, 0.05) is 19.6 Å². The number of nitrogens with one attached hydrogen (secondary N) is 1. The quantitative estimate of drug-likeness (QED) is 0.776. The Morgan fingerprint density at radius 1 is 1.38 bits per heavy atom. The van der Waals surface area contributed by atoms with Crippen LogP contribution in [0.4, 0.5) is 4.79 Å². The topological polar surface area (TPSA) is 72.9 Å². The normalized spacial score (nSPS) is 25.4. The van der Waals surface area contributed by atoms with Crippen LogP contribution in [0.15, 0.2) is 0 Å². The molecule has 0 aromatic heterocycles. The number of carbonyl (C=O) groups is 2. The predicted octanol–water partition coefficient (Wildman–Crippen LogP) is 1.37. The molecule has 6 heteroatoms. The van der Waals surface area contributed by atoms with Crippen LogP contribution in [0, 0.1) is 5.92 Å². The molecule has 0 radical (unpaired) electrons. The van der Waals surface area contributed by atoms with Gasteiger partial charge < -0.3 is 15.3 Å². The molecule has 120 valence electrons. The van der Waals surface area contributed by atoms with Crippen LogP contribution in [0.5, 0.6) is 0 Å². The van der Waals surface area contributed by atoms with Gasteiger partial charge in [0.2, 0.25) is 0 Å². The van der Waals surface area contributed by atoms with Crippen molar-refractivity contribution < 1.29 is 14.7 Å². The average Bonchev–Trinajstić information content (AvgIpc) is 3.20. The van der Waals surface area contributed by atoms with Crippen LogP contribution in [0.3, 0.4) is 0 Å². The van der Waals surface area contributed by atoms with E-state index in [1.165, 1.54) is 6.42 Å². The molecule has 1 heterocycles. The Bertz CT molecular complexity index is 411. The van der Waals surface area contributed by atoms with Gasteiger partial charge in [-0.05, 0) is 51.6 Å². The molecule has 0 aromatic carbocycles. The third-order valence-electron chi connectivity index (χ3n) is 4.94. The first kappa shape index (κ1) is 16.1. The minimum absolute atomic E-state index is 0.0611. The summed E-state index contributed by atoms with van der Waals surface area (Å²) in [5.74, 6) is -0.881. The molecular formula is C15H27N3O3. The van der Waals surface area contributed by atoms with E-state index in [9.17, 15) is 14.7 Å². The Hall–Kier alpha value is -1.30. The lowest BCUT2D eigenvalue weighted by atomic mass is 9.96. The number of carbonyl (C=O) groups excluding carboxylic acids is 1. The van der Waals surface area contributed by atoms with Crippen LogP contribution in [0.1, 0.15) is 39.5 Å². The van der Waals surface area contributed by atoms with E-state index in [4.69, 9.17) is 0 Å². The van der Waals surface area contributed by atoms with Gasteiger partial charge in [-0.15, -0.1) is 0 Å². The van der Waals surface area contributed by atoms with Crippen molar-refractivity contribution in [3.63, 3.8) is 0 Å². The molecule has 2 rings (SSSR count). The van der Waals surface area contributed by atoms with Gasteiger partial charge in [-0.1, -0.05) is 6.92 Å². The van der Waals surface area contributed by atoms with Gasteiger partial charge in [0.15, 0.2) is 0 Å². The van der Waals surface area contributed by atoms with Crippen LogP contribution < -0.4 is 5.32 Å². The van der Waals surface area contributed by atoms with Crippen molar-refractivity contribution in [2.45, 2.75) is 51.1 Å². The van der Waals surface area contributed by atoms with E-state index < -0.39 is 11.5 Å². The minimum Gasteiger partial charge on any atom is -0.480 e. The Labute approximate surface area is 126 Å². The van der Waals surface area contributed by atoms with Crippen molar-refractivity contribution in [2.75, 3.05) is 26.7 Å². The lowest BCUT2D eigenvalue weighted by molar-refractivity contribution is -0.144. The Morgan fingerprint density at radius 2 is 2.05 bits per heavy atom. The fourth-order valence-corrected chi connectivity index (χ4v) is 3.23. The number of urea groups is 1. The second kappa shape index (κ2) is 6.22. The molecule has 1 aliphatic carbocycles. The maximum atomic E-state index is 12.3. The zero-order chi connectivity index (χ0) is 15.6. The summed E-state index contributed by atoms with van der Waals surface area (Å²) in [4.78, 5) is 27.8. The third kappa shape index (κ3) is 3.48. The van der Waals surface area contributed by atoms with E-state index in [2.05, 4.69) is 17.1 Å². The van der Waals surface area contributed by atoms with E-state index in [1.54, 1.807) is 18.9 Å². The first-order valence-electron chi connectivity index (χ1n) is 7.89. The molecule has 0 aromatic rings. The number of rotatable bonds is 6. The summed E-state index contributed by atoms with van der Waals surface area (Å²) in [5, 5.41) is 12.1. The van der Waals surface area contributed by atoms with Gasteiger partial charge in [0.25, 0.3) is 0 Å². The predicted molar refractivity (Wildman–Crippen MR) is 80.2 cm³/mol. The van der Waals surface area contributed by atoms with Gasteiger partial charge in [-0.3, -0.25) is 4.90 Å². The van der Waals surface area contributed by atoms with Gasteiger partial charge >= 0.3 is 12.0 Å². The number of aliphatic carboxylic acids is 1. The summed E-state index contributed by atoms with van der Waals surface area (Å²) in [6.07, 6.45) is 4.02. The van der Waals surface area contributed by atoms with Crippen LogP contribution in [-0.4, -0.2) is 65.2 Å². The fourth-order valence-electron chi connectivity index (χ4n) is 3.23. The van der Waals surface area contributed by atoms with Crippen molar-refractivity contribution in [3.05, 3.63) is 0 Å². The Balaban J connectivity index is 1.91. The number of carboxylic acids is 1. The average molecular weight is 297 g/mol. The molecule has 2 atom stereocenters. The zero-order valence-corrected chi connectivity index (χ0v) is 13.3. The Kier molecular flexibility index (Phi) is 4.76. The summed E-state index contributed by atoms with van der Waals surface area (Å²) in [6.45, 7) is 6.49. The van der Waals surface area contributed by atoms with Crippen LogP contribution >= 0.6 is 0 Å². The van der Waals surface area contributed by atoms with E-state index in [0.29, 0.717) is 12.6 Å². The molecule has 1 saturated heterocycles. The first-order chi connectivity index (χ1) is 9.88. The standard InChI is InChI=1S/C15H27N3O3/c1-4-18-9-5-6-12(18)10-17(3)14(21)16-15(2,13(19)20)11-7-8-11/h11-12H,4-10H2,1-3H3,(H,16,21)(H,19,20). The highest BCUT2D eigenvalue weighted by molar-refractivity contribution is 5.86. The monoisotopic (exact) mass is 297 g/mol. The number of amides is 2. The maximum absolute atomic E-state index is 12.3. The van der Waals surface area contributed by atoms with Crippen molar-refractivity contribution >= 4 is 12.0 Å². The molecule has 2 N–H and O–H groups in total. The van der Waals surface area contributed by atoms with E-state index in [0.717, 1.165) is 32.4 Å². The van der Waals surface area contributed by atoms with Crippen LogP contribution in [0.25, 0.3) is 0 Å². The number of hydrogen-bond acceptors (Lipinski definition) is 3. The molecule has 1 aliphatic heterocycles. The molecule has 6 nitrogen and oxygen atoms in total. The number of carboxylic acid groups (broad SMARTS) is 1. The minimum atomic E-state index is -1.13. The smallest absolute Gasteiger partial charge is 0.329 e. The summed E-state index contributed by atoms with van der Waals surface area (Å²) in [5.41, 5.74) is -1.13. The van der Waals surface area contributed by atoms with Crippen molar-refractivity contribution in [1.82, 2.24) is 15.1 Å². The highest BCUT2D eigenvalue weighted by atomic mass is 16.4. The lowest BCUT2D eigenvalue weighted by Crippen LogP contribution is -2.58. The lowest BCUT2D eigenvalue weighted by Gasteiger charge is -2.32. The zero-order valence-electron chi connectivity index (χ0n) is 13.3. The number of likely N-dealkylation sites (N-methyl/N-ethyl adjacent to an activating group) is 2. The highest BCUT2D eigenvalue weighted by Gasteiger charge is 2.49. The van der Waals surface area contributed by atoms with Gasteiger partial charge in [-0.2, -0.15) is 0 Å². The summed E-state index contributed by atoms with van der Waals surface area (Å²) in [7, 11) is 1.75. The molecule has 2 aliphatic rings. The van der Waals surface area contributed by atoms with Gasteiger partial charge in [-0.25, -0.2) is 9.59 Å². The van der Waals surface area contributed by atoms with Crippen molar-refractivity contribution in [1.29, 1.82) is 0 Å². The summed E-state index contributed by atoms with van der Waals surface area (Å²) < 4.78 is 0. The second-order valence-corrected chi connectivity index (χ2v) is 6.52. The number of hydrogen-bond donors (Lipinski definition) is 2. The maximum Gasteiger partial charge on any atom is 0.329 e. The molecule has 1 saturated carbocycles. The van der Waals surface area contributed by atoms with E-state index in [-0.39, 0.29) is 11.9 Å². The molecule has 21 heavy (non-hydrogen) atoms. The summed E-state index contributed by atoms with van der Waals surface area (Å²) in [6, 6.07) is 0.109. The highest BCUT2D eigenvalue weighted by Crippen LogP contribution is 2.39.